The molecule has 2 rings (SSSR count). The Labute approximate surface area is 113 Å². The predicted octanol–water partition coefficient (Wildman–Crippen LogP) is 3.81. The minimum atomic E-state index is 0.735. The molecule has 0 aliphatic rings. The lowest BCUT2D eigenvalue weighted by Crippen LogP contribution is -1.97. The summed E-state index contributed by atoms with van der Waals surface area (Å²) in [7, 11) is 1.65. The van der Waals surface area contributed by atoms with Crippen LogP contribution in [0.25, 0.3) is 0 Å². The molecule has 0 radical (unpaired) electrons. The van der Waals surface area contributed by atoms with Gasteiger partial charge in [-0.1, -0.05) is 22.9 Å². The van der Waals surface area contributed by atoms with Crippen LogP contribution in [0.2, 0.25) is 0 Å². The molecule has 3 heteroatoms. The fourth-order valence-electron chi connectivity index (χ4n) is 1.61. The van der Waals surface area contributed by atoms with Crippen molar-refractivity contribution in [2.45, 2.75) is 13.8 Å². The number of methoxy groups -OCH3 is 1. The molecule has 0 saturated heterocycles. The van der Waals surface area contributed by atoms with Crippen LogP contribution in [0.1, 0.15) is 18.1 Å². The van der Waals surface area contributed by atoms with Crippen LogP contribution in [-0.4, -0.2) is 12.8 Å². The highest BCUT2D eigenvalue weighted by atomic mass is 16.6. The van der Waals surface area contributed by atoms with Crippen molar-refractivity contribution in [3.63, 3.8) is 0 Å². The summed E-state index contributed by atoms with van der Waals surface area (Å²) in [6.45, 7) is 3.95. The number of aryl methyl sites for hydroxylation is 1. The van der Waals surface area contributed by atoms with Crippen molar-refractivity contribution in [3.8, 4) is 11.5 Å². The van der Waals surface area contributed by atoms with E-state index in [4.69, 9.17) is 9.57 Å². The molecule has 0 spiro atoms. The third kappa shape index (κ3) is 3.58. The zero-order valence-electron chi connectivity index (χ0n) is 11.4. The molecule has 0 aliphatic heterocycles. The normalized spacial score (nSPS) is 11.2. The summed E-state index contributed by atoms with van der Waals surface area (Å²) in [6.07, 6.45) is 0. The Morgan fingerprint density at radius 1 is 0.895 bits per heavy atom. The van der Waals surface area contributed by atoms with Gasteiger partial charge in [-0.25, -0.2) is 0 Å². The summed E-state index contributed by atoms with van der Waals surface area (Å²) in [5.74, 6) is 1.56. The van der Waals surface area contributed by atoms with Crippen molar-refractivity contribution in [2.24, 2.45) is 5.16 Å². The lowest BCUT2D eigenvalue weighted by Gasteiger charge is -2.04. The molecular weight excluding hydrogens is 238 g/mol. The Morgan fingerprint density at radius 2 is 1.47 bits per heavy atom. The van der Waals surface area contributed by atoms with Crippen LogP contribution in [0.15, 0.2) is 53.7 Å². The molecule has 2 aromatic rings. The van der Waals surface area contributed by atoms with E-state index in [9.17, 15) is 0 Å². The molecule has 0 N–H and O–H groups in total. The van der Waals surface area contributed by atoms with Crippen molar-refractivity contribution in [1.82, 2.24) is 0 Å². The average molecular weight is 255 g/mol. The number of rotatable bonds is 4. The summed E-state index contributed by atoms with van der Waals surface area (Å²) < 4.78 is 5.12. The fourth-order valence-corrected chi connectivity index (χ4v) is 1.61. The van der Waals surface area contributed by atoms with Crippen molar-refractivity contribution >= 4 is 5.71 Å². The van der Waals surface area contributed by atoms with Crippen LogP contribution in [-0.2, 0) is 0 Å². The Balaban J connectivity index is 2.07. The largest absolute Gasteiger partial charge is 0.497 e. The third-order valence-corrected chi connectivity index (χ3v) is 2.82. The first-order valence-corrected chi connectivity index (χ1v) is 6.12. The van der Waals surface area contributed by atoms with Crippen molar-refractivity contribution in [2.75, 3.05) is 7.11 Å². The monoisotopic (exact) mass is 255 g/mol. The van der Waals surface area contributed by atoms with Gasteiger partial charge < -0.3 is 9.57 Å². The molecule has 98 valence electrons. The van der Waals surface area contributed by atoms with E-state index in [1.165, 1.54) is 5.56 Å². The molecule has 19 heavy (non-hydrogen) atoms. The number of hydrogen-bond donors (Lipinski definition) is 0. The van der Waals surface area contributed by atoms with E-state index < -0.39 is 0 Å². The predicted molar refractivity (Wildman–Crippen MR) is 77.0 cm³/mol. The molecule has 0 unspecified atom stereocenters. The molecule has 0 amide bonds. The second-order valence-electron chi connectivity index (χ2n) is 4.31. The zero-order valence-corrected chi connectivity index (χ0v) is 11.4. The number of benzene rings is 2. The molecule has 0 bridgehead atoms. The van der Waals surface area contributed by atoms with Crippen molar-refractivity contribution in [3.05, 3.63) is 59.7 Å². The van der Waals surface area contributed by atoms with Gasteiger partial charge in [0.2, 0.25) is 0 Å². The van der Waals surface area contributed by atoms with Gasteiger partial charge in [0.1, 0.15) is 5.75 Å². The lowest BCUT2D eigenvalue weighted by molar-refractivity contribution is 0.341. The number of hydrogen-bond acceptors (Lipinski definition) is 3. The van der Waals surface area contributed by atoms with E-state index in [0.717, 1.165) is 22.8 Å². The van der Waals surface area contributed by atoms with Gasteiger partial charge in [-0.3, -0.25) is 0 Å². The maximum atomic E-state index is 5.39. The zero-order chi connectivity index (χ0) is 13.7. The fraction of sp³-hybridized carbons (Fsp3) is 0.188. The Morgan fingerprint density at radius 3 is 2.05 bits per heavy atom. The van der Waals surface area contributed by atoms with Crippen molar-refractivity contribution < 1.29 is 9.57 Å². The molecule has 0 heterocycles. The highest BCUT2D eigenvalue weighted by Crippen LogP contribution is 2.14. The van der Waals surface area contributed by atoms with Crippen LogP contribution in [0, 0.1) is 6.92 Å². The van der Waals surface area contributed by atoms with Gasteiger partial charge in [-0.05, 0) is 55.8 Å². The minimum absolute atomic E-state index is 0.735. The smallest absolute Gasteiger partial charge is 0.157 e. The van der Waals surface area contributed by atoms with Gasteiger partial charge in [-0.2, -0.15) is 0 Å². The molecular formula is C16H17NO2. The van der Waals surface area contributed by atoms with E-state index in [-0.39, 0.29) is 0 Å². The van der Waals surface area contributed by atoms with E-state index in [0.29, 0.717) is 0 Å². The first kappa shape index (κ1) is 13.1. The van der Waals surface area contributed by atoms with Crippen LogP contribution < -0.4 is 9.57 Å². The molecule has 0 fully saturated rings. The summed E-state index contributed by atoms with van der Waals surface area (Å²) in [5, 5.41) is 4.13. The Kier molecular flexibility index (Phi) is 4.18. The molecule has 0 atom stereocenters. The topological polar surface area (TPSA) is 30.8 Å². The Bertz CT molecular complexity index is 556. The second-order valence-corrected chi connectivity index (χ2v) is 4.31. The third-order valence-electron chi connectivity index (χ3n) is 2.82. The maximum absolute atomic E-state index is 5.39. The molecule has 0 aliphatic carbocycles. The van der Waals surface area contributed by atoms with E-state index >= 15 is 0 Å². The summed E-state index contributed by atoms with van der Waals surface area (Å²) in [4.78, 5) is 5.39. The van der Waals surface area contributed by atoms with Crippen LogP contribution in [0.4, 0.5) is 0 Å². The molecule has 3 nitrogen and oxygen atoms in total. The number of oxime groups is 1. The van der Waals surface area contributed by atoms with Crippen LogP contribution in [0.3, 0.4) is 0 Å². The molecule has 2 aromatic carbocycles. The van der Waals surface area contributed by atoms with Gasteiger partial charge in [0.15, 0.2) is 5.75 Å². The van der Waals surface area contributed by atoms with Gasteiger partial charge in [0, 0.05) is 0 Å². The summed E-state index contributed by atoms with van der Waals surface area (Å²) >= 11 is 0. The number of nitrogens with zero attached hydrogens (tertiary/aromatic N) is 1. The van der Waals surface area contributed by atoms with E-state index in [1.54, 1.807) is 7.11 Å². The molecule has 0 aromatic heterocycles. The maximum Gasteiger partial charge on any atom is 0.157 e. The average Bonchev–Trinajstić information content (AvgIpc) is 2.46. The minimum Gasteiger partial charge on any atom is -0.497 e. The Hall–Kier alpha value is -2.29. The quantitative estimate of drug-likeness (QED) is 0.614. The van der Waals surface area contributed by atoms with Gasteiger partial charge in [0.25, 0.3) is 0 Å². The van der Waals surface area contributed by atoms with Crippen LogP contribution in [0.5, 0.6) is 11.5 Å². The standard InChI is InChI=1S/C16H17NO2/c1-12-4-8-16(9-5-12)19-17-13(2)14-6-10-15(18-3)11-7-14/h4-11H,1-3H3/b17-13+. The lowest BCUT2D eigenvalue weighted by atomic mass is 10.1. The first-order valence-electron chi connectivity index (χ1n) is 6.12. The number of ether oxygens (including phenoxy) is 1. The summed E-state index contributed by atoms with van der Waals surface area (Å²) in [6, 6.07) is 15.5. The SMILES string of the molecule is COc1ccc(/C(C)=N/Oc2ccc(C)cc2)cc1. The van der Waals surface area contributed by atoms with Gasteiger partial charge in [0.05, 0.1) is 12.8 Å². The second kappa shape index (κ2) is 6.05. The first-order chi connectivity index (χ1) is 9.19. The van der Waals surface area contributed by atoms with Crippen LogP contribution >= 0.6 is 0 Å². The molecule has 0 saturated carbocycles. The highest BCUT2D eigenvalue weighted by Gasteiger charge is 1.99. The summed E-state index contributed by atoms with van der Waals surface area (Å²) in [5.41, 5.74) is 3.03. The van der Waals surface area contributed by atoms with Gasteiger partial charge in [-0.15, -0.1) is 0 Å². The van der Waals surface area contributed by atoms with E-state index in [1.807, 2.05) is 62.4 Å². The van der Waals surface area contributed by atoms with Gasteiger partial charge >= 0.3 is 0 Å². The van der Waals surface area contributed by atoms with E-state index in [2.05, 4.69) is 5.16 Å². The van der Waals surface area contributed by atoms with Crippen molar-refractivity contribution in [1.29, 1.82) is 0 Å². The highest BCUT2D eigenvalue weighted by molar-refractivity contribution is 5.98.